The molecule has 5 heteroatoms. The van der Waals surface area contributed by atoms with Crippen LogP contribution in [-0.4, -0.2) is 11.2 Å². The van der Waals surface area contributed by atoms with E-state index in [2.05, 4.69) is 9.98 Å². The van der Waals surface area contributed by atoms with Crippen molar-refractivity contribution in [3.8, 4) is 5.75 Å². The molecular formula is C18H15ClN2OS. The number of nitrogens with zero attached hydrogens (tertiary/aromatic N) is 2. The SMILES string of the molecule is Cc1ccc(/N=C/c2ccc(Cl)cc2)c(OCc2cncs2)c1. The highest BCUT2D eigenvalue weighted by molar-refractivity contribution is 7.09. The summed E-state index contributed by atoms with van der Waals surface area (Å²) < 4.78 is 5.91. The van der Waals surface area contributed by atoms with Gasteiger partial charge in [0.15, 0.2) is 0 Å². The minimum Gasteiger partial charge on any atom is -0.486 e. The lowest BCUT2D eigenvalue weighted by molar-refractivity contribution is 0.310. The van der Waals surface area contributed by atoms with Crippen LogP contribution in [0.5, 0.6) is 5.75 Å². The summed E-state index contributed by atoms with van der Waals surface area (Å²) >= 11 is 7.47. The molecular weight excluding hydrogens is 328 g/mol. The average Bonchev–Trinajstić information content (AvgIpc) is 3.07. The fraction of sp³-hybridized carbons (Fsp3) is 0.111. The van der Waals surface area contributed by atoms with Crippen LogP contribution in [0.4, 0.5) is 5.69 Å². The van der Waals surface area contributed by atoms with Crippen molar-refractivity contribution in [2.45, 2.75) is 13.5 Å². The lowest BCUT2D eigenvalue weighted by atomic mass is 10.2. The van der Waals surface area contributed by atoms with E-state index in [1.165, 1.54) is 0 Å². The molecule has 0 unspecified atom stereocenters. The van der Waals surface area contributed by atoms with Crippen molar-refractivity contribution < 1.29 is 4.74 Å². The second-order valence-electron chi connectivity index (χ2n) is 5.04. The first-order valence-electron chi connectivity index (χ1n) is 7.11. The Morgan fingerprint density at radius 1 is 1.22 bits per heavy atom. The van der Waals surface area contributed by atoms with Crippen molar-refractivity contribution in [3.05, 3.63) is 75.2 Å². The molecule has 0 N–H and O–H groups in total. The van der Waals surface area contributed by atoms with E-state index in [-0.39, 0.29) is 0 Å². The molecule has 3 aromatic rings. The maximum atomic E-state index is 5.91. The van der Waals surface area contributed by atoms with Crippen LogP contribution >= 0.6 is 22.9 Å². The smallest absolute Gasteiger partial charge is 0.145 e. The third kappa shape index (κ3) is 4.41. The molecule has 0 saturated carbocycles. The number of hydrogen-bond acceptors (Lipinski definition) is 4. The van der Waals surface area contributed by atoms with Gasteiger partial charge in [0.2, 0.25) is 0 Å². The zero-order valence-corrected chi connectivity index (χ0v) is 14.1. The molecule has 0 aliphatic heterocycles. The van der Waals surface area contributed by atoms with Crippen LogP contribution < -0.4 is 4.74 Å². The number of ether oxygens (including phenoxy) is 1. The largest absolute Gasteiger partial charge is 0.486 e. The quantitative estimate of drug-likeness (QED) is 0.579. The molecule has 0 fully saturated rings. The first kappa shape index (κ1) is 15.7. The summed E-state index contributed by atoms with van der Waals surface area (Å²) in [5, 5.41) is 0.714. The third-order valence-electron chi connectivity index (χ3n) is 3.19. The Hall–Kier alpha value is -2.17. The predicted octanol–water partition coefficient (Wildman–Crippen LogP) is 5.43. The highest BCUT2D eigenvalue weighted by atomic mass is 35.5. The number of hydrogen-bond donors (Lipinski definition) is 0. The minimum absolute atomic E-state index is 0.498. The number of aromatic nitrogens is 1. The predicted molar refractivity (Wildman–Crippen MR) is 96.3 cm³/mol. The van der Waals surface area contributed by atoms with Crippen molar-refractivity contribution in [1.29, 1.82) is 0 Å². The van der Waals surface area contributed by atoms with Crippen LogP contribution in [0.25, 0.3) is 0 Å². The molecule has 1 heterocycles. The van der Waals surface area contributed by atoms with Gasteiger partial charge in [0.25, 0.3) is 0 Å². The van der Waals surface area contributed by atoms with Gasteiger partial charge in [-0.3, -0.25) is 9.98 Å². The summed E-state index contributed by atoms with van der Waals surface area (Å²) in [5.74, 6) is 0.767. The molecule has 0 aliphatic rings. The number of halogens is 1. The number of thiazole rings is 1. The standard InChI is InChI=1S/C18H15ClN2OS/c1-13-2-7-17(21-9-14-3-5-15(19)6-4-14)18(8-13)22-11-16-10-20-12-23-16/h2-10,12H,11H2,1H3/b21-9+. The topological polar surface area (TPSA) is 34.5 Å². The van der Waals surface area contributed by atoms with E-state index in [9.17, 15) is 0 Å². The Labute approximate surface area is 144 Å². The molecule has 0 aliphatic carbocycles. The van der Waals surface area contributed by atoms with Crippen molar-refractivity contribution in [2.24, 2.45) is 4.99 Å². The van der Waals surface area contributed by atoms with E-state index >= 15 is 0 Å². The molecule has 0 spiro atoms. The average molecular weight is 343 g/mol. The highest BCUT2D eigenvalue weighted by Crippen LogP contribution is 2.29. The van der Waals surface area contributed by atoms with Crippen LogP contribution in [0.3, 0.4) is 0 Å². The van der Waals surface area contributed by atoms with Crippen molar-refractivity contribution in [1.82, 2.24) is 4.98 Å². The van der Waals surface area contributed by atoms with Gasteiger partial charge in [0.1, 0.15) is 18.0 Å². The van der Waals surface area contributed by atoms with Crippen molar-refractivity contribution in [3.63, 3.8) is 0 Å². The number of benzene rings is 2. The molecule has 116 valence electrons. The molecule has 0 radical (unpaired) electrons. The highest BCUT2D eigenvalue weighted by Gasteiger charge is 2.04. The zero-order chi connectivity index (χ0) is 16.1. The Morgan fingerprint density at radius 2 is 2.04 bits per heavy atom. The monoisotopic (exact) mass is 342 g/mol. The van der Waals surface area contributed by atoms with Gasteiger partial charge in [0.05, 0.1) is 10.4 Å². The number of rotatable bonds is 5. The van der Waals surface area contributed by atoms with Crippen LogP contribution in [0, 0.1) is 6.92 Å². The Balaban J connectivity index is 1.79. The molecule has 0 amide bonds. The zero-order valence-electron chi connectivity index (χ0n) is 12.6. The maximum absolute atomic E-state index is 5.91. The summed E-state index contributed by atoms with van der Waals surface area (Å²) in [6, 6.07) is 13.5. The molecule has 0 atom stereocenters. The van der Waals surface area contributed by atoms with Gasteiger partial charge in [0, 0.05) is 17.4 Å². The van der Waals surface area contributed by atoms with Crippen LogP contribution in [-0.2, 0) is 6.61 Å². The van der Waals surface area contributed by atoms with E-state index in [4.69, 9.17) is 16.3 Å². The van der Waals surface area contributed by atoms with Gasteiger partial charge in [-0.15, -0.1) is 11.3 Å². The molecule has 0 bridgehead atoms. The van der Waals surface area contributed by atoms with Crippen LogP contribution in [0.15, 0.2) is 59.2 Å². The molecule has 3 nitrogen and oxygen atoms in total. The van der Waals surface area contributed by atoms with E-state index in [0.29, 0.717) is 11.6 Å². The lowest BCUT2D eigenvalue weighted by Gasteiger charge is -2.08. The van der Waals surface area contributed by atoms with Gasteiger partial charge in [-0.25, -0.2) is 0 Å². The van der Waals surface area contributed by atoms with Gasteiger partial charge < -0.3 is 4.74 Å². The van der Waals surface area contributed by atoms with Crippen molar-refractivity contribution >= 4 is 34.8 Å². The Bertz CT molecular complexity index is 798. The first-order valence-corrected chi connectivity index (χ1v) is 8.37. The van der Waals surface area contributed by atoms with Gasteiger partial charge >= 0.3 is 0 Å². The maximum Gasteiger partial charge on any atom is 0.145 e. The normalized spacial score (nSPS) is 11.0. The summed E-state index contributed by atoms with van der Waals surface area (Å²) in [6.45, 7) is 2.53. The van der Waals surface area contributed by atoms with E-state index < -0.39 is 0 Å². The van der Waals surface area contributed by atoms with E-state index in [1.54, 1.807) is 23.1 Å². The fourth-order valence-electron chi connectivity index (χ4n) is 2.00. The van der Waals surface area contributed by atoms with Crippen molar-refractivity contribution in [2.75, 3.05) is 0 Å². The number of aliphatic imine (C=N–C) groups is 1. The Morgan fingerprint density at radius 3 is 2.78 bits per heavy atom. The number of aryl methyl sites for hydroxylation is 1. The van der Waals surface area contributed by atoms with Gasteiger partial charge in [-0.1, -0.05) is 29.8 Å². The first-order chi connectivity index (χ1) is 11.2. The second kappa shape index (κ2) is 7.40. The third-order valence-corrected chi connectivity index (χ3v) is 4.20. The van der Waals surface area contributed by atoms with Gasteiger partial charge in [-0.05, 0) is 42.3 Å². The summed E-state index contributed by atoms with van der Waals surface area (Å²) in [6.07, 6.45) is 3.62. The minimum atomic E-state index is 0.498. The molecule has 2 aromatic carbocycles. The summed E-state index contributed by atoms with van der Waals surface area (Å²) in [4.78, 5) is 9.68. The molecule has 3 rings (SSSR count). The van der Waals surface area contributed by atoms with E-state index in [1.807, 2.05) is 55.6 Å². The van der Waals surface area contributed by atoms with Crippen LogP contribution in [0.2, 0.25) is 5.02 Å². The second-order valence-corrected chi connectivity index (χ2v) is 6.44. The molecule has 1 aromatic heterocycles. The lowest BCUT2D eigenvalue weighted by Crippen LogP contribution is -1.94. The molecule has 23 heavy (non-hydrogen) atoms. The Kier molecular flexibility index (Phi) is 5.05. The summed E-state index contributed by atoms with van der Waals surface area (Å²) in [5.41, 5.74) is 4.72. The van der Waals surface area contributed by atoms with Crippen LogP contribution in [0.1, 0.15) is 16.0 Å². The summed E-state index contributed by atoms with van der Waals surface area (Å²) in [7, 11) is 0. The molecule has 0 saturated heterocycles. The van der Waals surface area contributed by atoms with E-state index in [0.717, 1.165) is 27.4 Å². The van der Waals surface area contributed by atoms with Gasteiger partial charge in [-0.2, -0.15) is 0 Å². The fourth-order valence-corrected chi connectivity index (χ4v) is 2.63.